The number of fused-ring (bicyclic) bond motifs is 1. The zero-order chi connectivity index (χ0) is 19.5. The van der Waals surface area contributed by atoms with Crippen molar-refractivity contribution in [3.63, 3.8) is 0 Å². The number of aromatic nitrogens is 1. The van der Waals surface area contributed by atoms with Crippen molar-refractivity contribution in [3.05, 3.63) is 76.4 Å². The van der Waals surface area contributed by atoms with Crippen LogP contribution in [0.15, 0.2) is 54.9 Å². The van der Waals surface area contributed by atoms with Crippen LogP contribution in [0.3, 0.4) is 0 Å². The van der Waals surface area contributed by atoms with Gasteiger partial charge in [0.1, 0.15) is 5.00 Å². The molecule has 2 heterocycles. The quantitative estimate of drug-likeness (QED) is 0.673. The topological polar surface area (TPSA) is 71.1 Å². The second kappa shape index (κ2) is 7.94. The van der Waals surface area contributed by atoms with Crippen LogP contribution in [0.5, 0.6) is 0 Å². The lowest BCUT2D eigenvalue weighted by atomic mass is 9.88. The monoisotopic (exact) mass is 391 g/mol. The Kier molecular flexibility index (Phi) is 5.21. The summed E-state index contributed by atoms with van der Waals surface area (Å²) in [6, 6.07) is 12.8. The van der Waals surface area contributed by atoms with Crippen molar-refractivity contribution in [2.45, 2.75) is 26.2 Å². The molecule has 5 nitrogen and oxygen atoms in total. The standard InChI is InChI=1S/C22H21N3O2S/c1-14-9-10-17-18(12-14)28-22(25-20(26)15-6-5-11-23-13-15)19(17)21(27)24-16-7-3-2-4-8-16/h2-8,11,13-14H,9-10,12H2,1H3,(H,24,27)(H,25,26)/t14-/m1/s1. The molecule has 0 saturated heterocycles. The lowest BCUT2D eigenvalue weighted by Gasteiger charge is -2.18. The van der Waals surface area contributed by atoms with Crippen LogP contribution in [0, 0.1) is 5.92 Å². The van der Waals surface area contributed by atoms with Gasteiger partial charge in [-0.1, -0.05) is 25.1 Å². The molecule has 2 aromatic heterocycles. The number of carbonyl (C=O) groups is 2. The van der Waals surface area contributed by atoms with Crippen LogP contribution in [0.4, 0.5) is 10.7 Å². The fourth-order valence-corrected chi connectivity index (χ4v) is 4.87. The van der Waals surface area contributed by atoms with E-state index in [0.717, 1.165) is 30.5 Å². The molecular weight excluding hydrogens is 370 g/mol. The molecule has 1 aliphatic rings. The van der Waals surface area contributed by atoms with Gasteiger partial charge in [-0.3, -0.25) is 14.6 Å². The van der Waals surface area contributed by atoms with E-state index in [9.17, 15) is 9.59 Å². The first-order chi connectivity index (χ1) is 13.6. The molecule has 0 fully saturated rings. The van der Waals surface area contributed by atoms with Gasteiger partial charge in [0.2, 0.25) is 0 Å². The Morgan fingerprint density at radius 1 is 1.07 bits per heavy atom. The van der Waals surface area contributed by atoms with E-state index in [4.69, 9.17) is 0 Å². The normalized spacial score (nSPS) is 15.5. The van der Waals surface area contributed by atoms with Gasteiger partial charge in [0, 0.05) is 23.0 Å². The summed E-state index contributed by atoms with van der Waals surface area (Å²) >= 11 is 1.51. The van der Waals surface area contributed by atoms with Crippen LogP contribution < -0.4 is 10.6 Å². The Morgan fingerprint density at radius 3 is 2.64 bits per heavy atom. The molecule has 1 aliphatic carbocycles. The average Bonchev–Trinajstić information content (AvgIpc) is 3.06. The minimum absolute atomic E-state index is 0.181. The zero-order valence-electron chi connectivity index (χ0n) is 15.6. The Hall–Kier alpha value is -2.99. The Labute approximate surface area is 167 Å². The van der Waals surface area contributed by atoms with E-state index in [1.165, 1.54) is 22.4 Å². The van der Waals surface area contributed by atoms with Crippen molar-refractivity contribution in [1.82, 2.24) is 4.98 Å². The maximum Gasteiger partial charge on any atom is 0.258 e. The molecule has 0 aliphatic heterocycles. The number of nitrogens with one attached hydrogen (secondary N) is 2. The highest BCUT2D eigenvalue weighted by Crippen LogP contribution is 2.40. The predicted molar refractivity (Wildman–Crippen MR) is 112 cm³/mol. The van der Waals surface area contributed by atoms with Crippen LogP contribution >= 0.6 is 11.3 Å². The van der Waals surface area contributed by atoms with E-state index >= 15 is 0 Å². The van der Waals surface area contributed by atoms with Crippen LogP contribution in [0.2, 0.25) is 0 Å². The van der Waals surface area contributed by atoms with E-state index in [1.54, 1.807) is 18.3 Å². The third kappa shape index (κ3) is 3.82. The maximum atomic E-state index is 13.1. The number of hydrogen-bond acceptors (Lipinski definition) is 4. The lowest BCUT2D eigenvalue weighted by molar-refractivity contribution is 0.102. The highest BCUT2D eigenvalue weighted by Gasteiger charge is 2.28. The molecule has 3 aromatic rings. The number of anilines is 2. The molecule has 0 unspecified atom stereocenters. The number of nitrogens with zero attached hydrogens (tertiary/aromatic N) is 1. The number of hydrogen-bond donors (Lipinski definition) is 2. The summed E-state index contributed by atoms with van der Waals surface area (Å²) in [6.07, 6.45) is 5.99. The van der Waals surface area contributed by atoms with Crippen molar-refractivity contribution in [3.8, 4) is 0 Å². The van der Waals surface area contributed by atoms with Gasteiger partial charge in [-0.25, -0.2) is 0 Å². The van der Waals surface area contributed by atoms with Gasteiger partial charge in [0.15, 0.2) is 0 Å². The Morgan fingerprint density at radius 2 is 1.89 bits per heavy atom. The van der Waals surface area contributed by atoms with E-state index in [-0.39, 0.29) is 11.8 Å². The van der Waals surface area contributed by atoms with Crippen molar-refractivity contribution >= 4 is 33.8 Å². The number of thiophene rings is 1. The van der Waals surface area contributed by atoms with Crippen molar-refractivity contribution in [2.24, 2.45) is 5.92 Å². The van der Waals surface area contributed by atoms with Crippen molar-refractivity contribution in [1.29, 1.82) is 0 Å². The third-order valence-electron chi connectivity index (χ3n) is 4.92. The second-order valence-electron chi connectivity index (χ2n) is 7.07. The third-order valence-corrected chi connectivity index (χ3v) is 6.09. The lowest BCUT2D eigenvalue weighted by Crippen LogP contribution is -2.19. The minimum atomic E-state index is -0.256. The summed E-state index contributed by atoms with van der Waals surface area (Å²) in [5, 5.41) is 6.52. The van der Waals surface area contributed by atoms with Gasteiger partial charge in [0.25, 0.3) is 11.8 Å². The second-order valence-corrected chi connectivity index (χ2v) is 8.18. The summed E-state index contributed by atoms with van der Waals surface area (Å²) < 4.78 is 0. The summed E-state index contributed by atoms with van der Waals surface area (Å²) in [4.78, 5) is 30.9. The van der Waals surface area contributed by atoms with E-state index < -0.39 is 0 Å². The molecule has 0 spiro atoms. The van der Waals surface area contributed by atoms with Gasteiger partial charge in [-0.2, -0.15) is 0 Å². The highest BCUT2D eigenvalue weighted by atomic mass is 32.1. The minimum Gasteiger partial charge on any atom is -0.322 e. The van der Waals surface area contributed by atoms with Crippen molar-refractivity contribution < 1.29 is 9.59 Å². The van der Waals surface area contributed by atoms with Crippen LogP contribution in [0.1, 0.15) is 44.5 Å². The number of rotatable bonds is 4. The fraction of sp³-hybridized carbons (Fsp3) is 0.227. The summed E-state index contributed by atoms with van der Waals surface area (Å²) in [6.45, 7) is 2.22. The number of benzene rings is 1. The molecule has 0 bridgehead atoms. The van der Waals surface area contributed by atoms with Gasteiger partial charge in [0.05, 0.1) is 11.1 Å². The SMILES string of the molecule is C[C@@H]1CCc2c(sc(NC(=O)c3cccnc3)c2C(=O)Nc2ccccc2)C1. The first-order valence-corrected chi connectivity index (χ1v) is 10.2. The van der Waals surface area contributed by atoms with Crippen molar-refractivity contribution in [2.75, 3.05) is 10.6 Å². The zero-order valence-corrected chi connectivity index (χ0v) is 16.4. The van der Waals surface area contributed by atoms with Gasteiger partial charge >= 0.3 is 0 Å². The molecule has 142 valence electrons. The summed E-state index contributed by atoms with van der Waals surface area (Å²) in [7, 11) is 0. The Bertz CT molecular complexity index is 999. The Balaban J connectivity index is 1.67. The first-order valence-electron chi connectivity index (χ1n) is 9.34. The summed E-state index contributed by atoms with van der Waals surface area (Å²) in [5.41, 5.74) is 2.86. The molecule has 1 atom stereocenters. The molecule has 4 rings (SSSR count). The largest absolute Gasteiger partial charge is 0.322 e. The number of pyridine rings is 1. The molecule has 2 N–H and O–H groups in total. The van der Waals surface area contributed by atoms with Gasteiger partial charge in [-0.05, 0) is 55.0 Å². The molecule has 2 amide bonds. The van der Waals surface area contributed by atoms with E-state index in [0.29, 0.717) is 22.0 Å². The van der Waals surface area contributed by atoms with Gasteiger partial charge in [-0.15, -0.1) is 11.3 Å². The van der Waals surface area contributed by atoms with E-state index in [1.807, 2.05) is 30.3 Å². The molecule has 6 heteroatoms. The smallest absolute Gasteiger partial charge is 0.258 e. The maximum absolute atomic E-state index is 13.1. The molecule has 1 aromatic carbocycles. The fourth-order valence-electron chi connectivity index (χ4n) is 3.47. The molecular formula is C22H21N3O2S. The van der Waals surface area contributed by atoms with E-state index in [2.05, 4.69) is 22.5 Å². The predicted octanol–water partition coefficient (Wildman–Crippen LogP) is 4.77. The molecule has 0 radical (unpaired) electrons. The first kappa shape index (κ1) is 18.4. The van der Waals surface area contributed by atoms with Crippen LogP contribution in [0.25, 0.3) is 0 Å². The van der Waals surface area contributed by atoms with Crippen LogP contribution in [-0.2, 0) is 12.8 Å². The molecule has 28 heavy (non-hydrogen) atoms. The number of carbonyl (C=O) groups excluding carboxylic acids is 2. The van der Waals surface area contributed by atoms with Gasteiger partial charge < -0.3 is 10.6 Å². The van der Waals surface area contributed by atoms with Crippen LogP contribution in [-0.4, -0.2) is 16.8 Å². The number of amides is 2. The average molecular weight is 391 g/mol. The highest BCUT2D eigenvalue weighted by molar-refractivity contribution is 7.17. The number of para-hydroxylation sites is 1. The summed E-state index contributed by atoms with van der Waals surface area (Å²) in [5.74, 6) is 0.145. The molecule has 0 saturated carbocycles.